The van der Waals surface area contributed by atoms with E-state index in [4.69, 9.17) is 0 Å². The summed E-state index contributed by atoms with van der Waals surface area (Å²) in [6.07, 6.45) is -11.5. The summed E-state index contributed by atoms with van der Waals surface area (Å²) >= 11 is 0. The third kappa shape index (κ3) is 1.80. The molecule has 10 heteroatoms. The molecule has 100 valence electrons. The van der Waals surface area contributed by atoms with E-state index in [9.17, 15) is 34.8 Å². The Bertz CT molecular complexity index is 589. The van der Waals surface area contributed by atoms with Crippen LogP contribution in [0.25, 0.3) is 0 Å². The molecule has 0 N–H and O–H groups in total. The zero-order valence-electron chi connectivity index (χ0n) is 8.17. The molecular weight excluding hydrogens is 288 g/mol. The first-order chi connectivity index (χ1) is 7.97. The maximum absolute atomic E-state index is 12.4. The molecule has 1 aromatic carbocycles. The van der Waals surface area contributed by atoms with E-state index < -0.39 is 42.8 Å². The first kappa shape index (κ1) is 13.0. The van der Waals surface area contributed by atoms with Gasteiger partial charge in [0.05, 0.1) is 10.6 Å². The van der Waals surface area contributed by atoms with Gasteiger partial charge in [-0.1, -0.05) is 6.07 Å². The Balaban J connectivity index is 2.62. The Kier molecular flexibility index (Phi) is 2.39. The second-order valence-corrected chi connectivity index (χ2v) is 5.23. The van der Waals surface area contributed by atoms with Crippen LogP contribution in [-0.2, 0) is 9.84 Å². The average molecular weight is 291 g/mol. The van der Waals surface area contributed by atoms with E-state index in [0.717, 1.165) is 12.1 Å². The van der Waals surface area contributed by atoms with Gasteiger partial charge in [0.2, 0.25) is 9.84 Å². The van der Waals surface area contributed by atoms with Crippen LogP contribution in [0.3, 0.4) is 0 Å². The smallest absolute Gasteiger partial charge is 0.218 e. The molecule has 1 aliphatic rings. The Hall–Kier alpha value is -1.45. The fraction of sp³-hybridized carbons (Fsp3) is 0.250. The first-order valence-corrected chi connectivity index (χ1v) is 5.77. The quantitative estimate of drug-likeness (QED) is 0.460. The van der Waals surface area contributed by atoms with Crippen LogP contribution in [0.2, 0.25) is 0 Å². The van der Waals surface area contributed by atoms with E-state index in [1.54, 1.807) is 0 Å². The van der Waals surface area contributed by atoms with Crippen LogP contribution in [0.5, 0.6) is 0 Å². The topological polar surface area (TPSA) is 37.4 Å². The number of sulfone groups is 1. The number of alkyl halides is 6. The standard InChI is InChI=1S/C8H3F6NO2S/c9-7(10,11)15(8(12,13)14)4-2-1-3-5-6(4)18(5,16)17/h1-3H. The van der Waals surface area contributed by atoms with E-state index in [1.807, 2.05) is 0 Å². The van der Waals surface area contributed by atoms with Crippen molar-refractivity contribution < 1.29 is 34.8 Å². The summed E-state index contributed by atoms with van der Waals surface area (Å²) in [6, 6.07) is 2.23. The van der Waals surface area contributed by atoms with Crippen LogP contribution >= 0.6 is 0 Å². The van der Waals surface area contributed by atoms with Gasteiger partial charge in [0.15, 0.2) is 0 Å². The summed E-state index contributed by atoms with van der Waals surface area (Å²) < 4.78 is 96.5. The maximum Gasteiger partial charge on any atom is 0.491 e. The van der Waals surface area contributed by atoms with Crippen molar-refractivity contribution >= 4 is 15.5 Å². The summed E-state index contributed by atoms with van der Waals surface area (Å²) in [5.74, 6) is 0. The molecule has 3 nitrogen and oxygen atoms in total. The Morgan fingerprint density at radius 2 is 1.44 bits per heavy atom. The molecule has 0 saturated heterocycles. The number of rotatable bonds is 1. The highest BCUT2D eigenvalue weighted by atomic mass is 32.2. The minimum Gasteiger partial charge on any atom is -0.218 e. The zero-order valence-corrected chi connectivity index (χ0v) is 8.99. The van der Waals surface area contributed by atoms with Crippen molar-refractivity contribution in [3.63, 3.8) is 0 Å². The third-order valence-electron chi connectivity index (χ3n) is 2.22. The molecule has 0 unspecified atom stereocenters. The van der Waals surface area contributed by atoms with Gasteiger partial charge in [-0.05, 0) is 12.1 Å². The van der Waals surface area contributed by atoms with Gasteiger partial charge in [-0.3, -0.25) is 0 Å². The van der Waals surface area contributed by atoms with Gasteiger partial charge < -0.3 is 0 Å². The first-order valence-electron chi connectivity index (χ1n) is 4.29. The second kappa shape index (κ2) is 3.31. The fourth-order valence-electron chi connectivity index (χ4n) is 1.53. The van der Waals surface area contributed by atoms with Crippen LogP contribution in [0, 0.1) is 0 Å². The Labute approximate surface area is 96.5 Å². The molecule has 0 aromatic heterocycles. The Morgan fingerprint density at radius 1 is 0.944 bits per heavy atom. The molecule has 0 atom stereocenters. The van der Waals surface area contributed by atoms with Gasteiger partial charge in [0.1, 0.15) is 4.90 Å². The van der Waals surface area contributed by atoms with Crippen LogP contribution in [0.4, 0.5) is 32.0 Å². The monoisotopic (exact) mass is 291 g/mol. The molecule has 0 bridgehead atoms. The largest absolute Gasteiger partial charge is 0.491 e. The fourth-order valence-corrected chi connectivity index (χ4v) is 3.02. The number of fused-ring (bicyclic) bond motifs is 1. The molecule has 0 saturated carbocycles. The van der Waals surface area contributed by atoms with Crippen LogP contribution in [-0.4, -0.2) is 21.0 Å². The SMILES string of the molecule is O=S1(=O)c2cccc(N(C(F)(F)F)C(F)(F)F)c21. The number of anilines is 1. The van der Waals surface area contributed by atoms with Crippen molar-refractivity contribution in [2.45, 2.75) is 22.4 Å². The van der Waals surface area contributed by atoms with Crippen molar-refractivity contribution in [3.8, 4) is 0 Å². The van der Waals surface area contributed by atoms with E-state index in [2.05, 4.69) is 0 Å². The summed E-state index contributed by atoms with van der Waals surface area (Å²) in [5, 5.41) is 0. The van der Waals surface area contributed by atoms with Gasteiger partial charge in [0, 0.05) is 0 Å². The molecular formula is C8H3F6NO2S. The lowest BCUT2D eigenvalue weighted by Gasteiger charge is -2.28. The number of hydrogen-bond acceptors (Lipinski definition) is 3. The van der Waals surface area contributed by atoms with Gasteiger partial charge in [-0.15, -0.1) is 26.3 Å². The molecule has 1 aliphatic heterocycles. The van der Waals surface area contributed by atoms with Crippen LogP contribution in [0.15, 0.2) is 28.0 Å². The zero-order chi connectivity index (χ0) is 13.9. The molecule has 18 heavy (non-hydrogen) atoms. The van der Waals surface area contributed by atoms with E-state index >= 15 is 0 Å². The highest BCUT2D eigenvalue weighted by Crippen LogP contribution is 2.51. The molecule has 0 radical (unpaired) electrons. The molecule has 1 heterocycles. The number of hydrogen-bond donors (Lipinski definition) is 0. The lowest BCUT2D eigenvalue weighted by atomic mass is 10.3. The van der Waals surface area contributed by atoms with Gasteiger partial charge in [-0.25, -0.2) is 8.42 Å². The predicted molar refractivity (Wildman–Crippen MR) is 46.5 cm³/mol. The summed E-state index contributed by atoms with van der Waals surface area (Å²) in [4.78, 5) is -3.26. The van der Waals surface area contributed by atoms with Crippen molar-refractivity contribution in [1.82, 2.24) is 0 Å². The molecule has 0 aliphatic carbocycles. The van der Waals surface area contributed by atoms with Crippen LogP contribution < -0.4 is 4.90 Å². The number of benzene rings is 1. The summed E-state index contributed by atoms with van der Waals surface area (Å²) in [7, 11) is -4.11. The maximum atomic E-state index is 12.4. The van der Waals surface area contributed by atoms with E-state index in [1.165, 1.54) is 0 Å². The normalized spacial score (nSPS) is 17.2. The highest BCUT2D eigenvalue weighted by molar-refractivity contribution is 7.97. The van der Waals surface area contributed by atoms with Crippen molar-refractivity contribution in [3.05, 3.63) is 18.2 Å². The van der Waals surface area contributed by atoms with Gasteiger partial charge in [-0.2, -0.15) is 4.90 Å². The third-order valence-corrected chi connectivity index (χ3v) is 3.90. The van der Waals surface area contributed by atoms with Crippen molar-refractivity contribution in [2.75, 3.05) is 4.90 Å². The molecule has 0 fully saturated rings. The summed E-state index contributed by atoms with van der Waals surface area (Å²) in [6.45, 7) is 0. The lowest BCUT2D eigenvalue weighted by Crippen LogP contribution is -2.48. The Morgan fingerprint density at radius 3 is 1.89 bits per heavy atom. The lowest BCUT2D eigenvalue weighted by molar-refractivity contribution is -0.227. The minimum atomic E-state index is -5.76. The van der Waals surface area contributed by atoms with Gasteiger partial charge in [0.25, 0.3) is 0 Å². The van der Waals surface area contributed by atoms with Gasteiger partial charge >= 0.3 is 12.6 Å². The highest BCUT2D eigenvalue weighted by Gasteiger charge is 2.58. The van der Waals surface area contributed by atoms with Crippen molar-refractivity contribution in [1.29, 1.82) is 0 Å². The van der Waals surface area contributed by atoms with Crippen molar-refractivity contribution in [2.24, 2.45) is 0 Å². The van der Waals surface area contributed by atoms with E-state index in [0.29, 0.717) is 6.07 Å². The number of halogens is 6. The number of nitrogens with zero attached hydrogens (tertiary/aromatic N) is 1. The summed E-state index contributed by atoms with van der Waals surface area (Å²) in [5.41, 5.74) is -1.42. The van der Waals surface area contributed by atoms with E-state index in [-0.39, 0.29) is 0 Å². The molecule has 2 rings (SSSR count). The second-order valence-electron chi connectivity index (χ2n) is 3.38. The average Bonchev–Trinajstić information content (AvgIpc) is 2.65. The molecule has 1 aromatic rings. The molecule has 0 spiro atoms. The predicted octanol–water partition coefficient (Wildman–Crippen LogP) is 2.68. The minimum absolute atomic E-state index is 0.463. The van der Waals surface area contributed by atoms with Crippen LogP contribution in [0.1, 0.15) is 0 Å². The molecule has 0 amide bonds.